The van der Waals surface area contributed by atoms with Gasteiger partial charge in [0, 0.05) is 38.9 Å². The first-order valence-corrected chi connectivity index (χ1v) is 13.9. The molecule has 39 heavy (non-hydrogen) atoms. The molecule has 1 aromatic heterocycles. The van der Waals surface area contributed by atoms with E-state index < -0.39 is 6.04 Å². The van der Waals surface area contributed by atoms with Crippen LogP contribution in [0, 0.1) is 6.92 Å². The van der Waals surface area contributed by atoms with Crippen molar-refractivity contribution in [2.24, 2.45) is 0 Å². The maximum Gasteiger partial charge on any atom is 0.409 e. The van der Waals surface area contributed by atoms with Gasteiger partial charge in [-0.15, -0.1) is 0 Å². The van der Waals surface area contributed by atoms with Gasteiger partial charge < -0.3 is 34.6 Å². The van der Waals surface area contributed by atoms with Crippen molar-refractivity contribution in [1.29, 1.82) is 0 Å². The molecule has 1 aliphatic heterocycles. The number of carbonyl (C=O) groups excluding carboxylic acids is 2. The molecular weight excluding hydrogens is 520 g/mol. The number of nitrogens with one attached hydrogen (secondary N) is 2. The molecule has 0 spiro atoms. The van der Waals surface area contributed by atoms with Crippen molar-refractivity contribution >= 4 is 35.0 Å². The lowest BCUT2D eigenvalue weighted by molar-refractivity contribution is -0.136. The maximum atomic E-state index is 13.1. The zero-order valence-corrected chi connectivity index (χ0v) is 24.3. The molecule has 0 bridgehead atoms. The SMILES string of the molecule is CCOC(=O)N1CCN(C(=O)C(C)n2cc(NC(=S)NCCc3ccc(OCC)c(OCC)c3)c(C)n2)CC1. The second-order valence-electron chi connectivity index (χ2n) is 9.07. The minimum Gasteiger partial charge on any atom is -0.490 e. The number of hydrogen-bond donors (Lipinski definition) is 2. The van der Waals surface area contributed by atoms with Crippen LogP contribution in [0.3, 0.4) is 0 Å². The van der Waals surface area contributed by atoms with Crippen LogP contribution in [0.1, 0.15) is 45.0 Å². The number of aromatic nitrogens is 2. The van der Waals surface area contributed by atoms with E-state index in [4.69, 9.17) is 26.4 Å². The van der Waals surface area contributed by atoms with Crippen molar-refractivity contribution in [3.63, 3.8) is 0 Å². The lowest BCUT2D eigenvalue weighted by Crippen LogP contribution is -2.52. The fourth-order valence-corrected chi connectivity index (χ4v) is 4.45. The average molecular weight is 561 g/mol. The molecule has 1 aromatic carbocycles. The Morgan fingerprint density at radius 3 is 2.36 bits per heavy atom. The van der Waals surface area contributed by atoms with Crippen LogP contribution in [0.2, 0.25) is 0 Å². The summed E-state index contributed by atoms with van der Waals surface area (Å²) >= 11 is 5.49. The second kappa shape index (κ2) is 14.6. The molecule has 0 radical (unpaired) electrons. The number of nitrogens with zero attached hydrogens (tertiary/aromatic N) is 4. The van der Waals surface area contributed by atoms with E-state index in [9.17, 15) is 9.59 Å². The van der Waals surface area contributed by atoms with E-state index in [2.05, 4.69) is 15.7 Å². The molecule has 1 fully saturated rings. The Morgan fingerprint density at radius 2 is 1.69 bits per heavy atom. The Kier molecular flexibility index (Phi) is 11.2. The molecule has 1 unspecified atom stereocenters. The summed E-state index contributed by atoms with van der Waals surface area (Å²) in [5, 5.41) is 11.4. The van der Waals surface area contributed by atoms with Gasteiger partial charge in [-0.25, -0.2) is 4.79 Å². The van der Waals surface area contributed by atoms with Gasteiger partial charge >= 0.3 is 6.09 Å². The number of carbonyl (C=O) groups is 2. The highest BCUT2D eigenvalue weighted by Crippen LogP contribution is 2.28. The van der Waals surface area contributed by atoms with E-state index in [1.807, 2.05) is 45.9 Å². The fourth-order valence-electron chi connectivity index (χ4n) is 4.24. The van der Waals surface area contributed by atoms with Crippen molar-refractivity contribution in [1.82, 2.24) is 24.9 Å². The largest absolute Gasteiger partial charge is 0.490 e. The van der Waals surface area contributed by atoms with Crippen molar-refractivity contribution in [3.8, 4) is 11.5 Å². The Hall–Kier alpha value is -3.54. The highest BCUT2D eigenvalue weighted by Gasteiger charge is 2.29. The van der Waals surface area contributed by atoms with Gasteiger partial charge in [0.2, 0.25) is 5.91 Å². The van der Waals surface area contributed by atoms with Crippen LogP contribution >= 0.6 is 12.2 Å². The van der Waals surface area contributed by atoms with Crippen LogP contribution in [-0.2, 0) is 16.0 Å². The molecule has 214 valence electrons. The third kappa shape index (κ3) is 8.22. The molecule has 0 aliphatic carbocycles. The third-order valence-electron chi connectivity index (χ3n) is 6.34. The van der Waals surface area contributed by atoms with Crippen LogP contribution < -0.4 is 20.1 Å². The van der Waals surface area contributed by atoms with Crippen molar-refractivity contribution in [3.05, 3.63) is 35.7 Å². The summed E-state index contributed by atoms with van der Waals surface area (Å²) in [6.07, 6.45) is 2.21. The Labute approximate surface area is 235 Å². The summed E-state index contributed by atoms with van der Waals surface area (Å²) in [6, 6.07) is 5.46. The molecule has 1 aliphatic rings. The number of rotatable bonds is 11. The van der Waals surface area contributed by atoms with Gasteiger partial charge in [-0.3, -0.25) is 9.48 Å². The van der Waals surface area contributed by atoms with Gasteiger partial charge in [-0.05, 0) is 71.0 Å². The predicted molar refractivity (Wildman–Crippen MR) is 154 cm³/mol. The van der Waals surface area contributed by atoms with Gasteiger partial charge in [-0.2, -0.15) is 5.10 Å². The molecule has 3 rings (SSSR count). The number of thiocarbonyl (C=S) groups is 1. The molecule has 0 saturated carbocycles. The number of piperazine rings is 1. The van der Waals surface area contributed by atoms with E-state index in [0.29, 0.717) is 57.7 Å². The smallest absolute Gasteiger partial charge is 0.409 e. The van der Waals surface area contributed by atoms with E-state index in [0.717, 1.165) is 34.9 Å². The van der Waals surface area contributed by atoms with Gasteiger partial charge in [0.05, 0.1) is 31.2 Å². The summed E-state index contributed by atoms with van der Waals surface area (Å²) in [5.41, 5.74) is 2.58. The predicted octanol–water partition coefficient (Wildman–Crippen LogP) is 3.38. The maximum absolute atomic E-state index is 13.1. The lowest BCUT2D eigenvalue weighted by atomic mass is 10.1. The summed E-state index contributed by atoms with van der Waals surface area (Å²) in [4.78, 5) is 28.4. The van der Waals surface area contributed by atoms with Crippen molar-refractivity contribution in [2.75, 3.05) is 57.9 Å². The third-order valence-corrected chi connectivity index (χ3v) is 6.59. The molecule has 1 atom stereocenters. The Bertz CT molecular complexity index is 1130. The summed E-state index contributed by atoms with van der Waals surface area (Å²) in [7, 11) is 0. The molecule has 2 N–H and O–H groups in total. The van der Waals surface area contributed by atoms with E-state index in [-0.39, 0.29) is 12.0 Å². The van der Waals surface area contributed by atoms with Gasteiger partial charge in [0.15, 0.2) is 16.6 Å². The Balaban J connectivity index is 1.50. The number of ether oxygens (including phenoxy) is 3. The van der Waals surface area contributed by atoms with E-state index in [1.165, 1.54) is 0 Å². The van der Waals surface area contributed by atoms with Gasteiger partial charge in [0.25, 0.3) is 0 Å². The van der Waals surface area contributed by atoms with E-state index >= 15 is 0 Å². The first-order chi connectivity index (χ1) is 18.8. The molecular formula is C27H40N6O5S. The van der Waals surface area contributed by atoms with Crippen LogP contribution in [0.5, 0.6) is 11.5 Å². The Morgan fingerprint density at radius 1 is 1.03 bits per heavy atom. The molecule has 2 aromatic rings. The van der Waals surface area contributed by atoms with Crippen molar-refractivity contribution < 1.29 is 23.8 Å². The highest BCUT2D eigenvalue weighted by molar-refractivity contribution is 7.80. The minimum absolute atomic E-state index is 0.0463. The first-order valence-electron chi connectivity index (χ1n) is 13.5. The number of amides is 2. The molecule has 2 heterocycles. The number of benzene rings is 1. The normalized spacial score (nSPS) is 14.0. The average Bonchev–Trinajstić information content (AvgIpc) is 3.29. The zero-order chi connectivity index (χ0) is 28.4. The van der Waals surface area contributed by atoms with Crippen LogP contribution in [0.15, 0.2) is 24.4 Å². The summed E-state index contributed by atoms with van der Waals surface area (Å²) in [5.74, 6) is 1.44. The number of anilines is 1. The van der Waals surface area contributed by atoms with E-state index in [1.54, 1.807) is 27.6 Å². The minimum atomic E-state index is -0.492. The molecule has 11 nitrogen and oxygen atoms in total. The molecule has 12 heteroatoms. The second-order valence-corrected chi connectivity index (χ2v) is 9.48. The standard InChI is InChI=1S/C27H40N6O5S/c1-6-36-23-10-9-21(17-24(23)37-7-2)11-12-28-26(39)29-22-18-33(30-19(22)4)20(5)25(34)31-13-15-32(16-14-31)27(35)38-8-3/h9-10,17-18,20H,6-8,11-16H2,1-5H3,(H2,28,29,39). The van der Waals surface area contributed by atoms with Gasteiger partial charge in [-0.1, -0.05) is 6.07 Å². The number of aryl methyl sites for hydroxylation is 1. The zero-order valence-electron chi connectivity index (χ0n) is 23.5. The first kappa shape index (κ1) is 30.0. The van der Waals surface area contributed by atoms with Gasteiger partial charge in [0.1, 0.15) is 6.04 Å². The lowest BCUT2D eigenvalue weighted by Gasteiger charge is -2.35. The summed E-state index contributed by atoms with van der Waals surface area (Å²) < 4.78 is 18.0. The quantitative estimate of drug-likeness (QED) is 0.400. The summed E-state index contributed by atoms with van der Waals surface area (Å²) in [6.45, 7) is 13.3. The monoisotopic (exact) mass is 560 g/mol. The van der Waals surface area contributed by atoms with Crippen molar-refractivity contribution in [2.45, 2.75) is 47.1 Å². The molecule has 2 amide bonds. The topological polar surface area (TPSA) is 110 Å². The highest BCUT2D eigenvalue weighted by atomic mass is 32.1. The van der Waals surface area contributed by atoms with Crippen LogP contribution in [0.25, 0.3) is 0 Å². The van der Waals surface area contributed by atoms with Crippen LogP contribution in [-0.4, -0.2) is 89.2 Å². The number of hydrogen-bond acceptors (Lipinski definition) is 7. The molecule has 1 saturated heterocycles. The fraction of sp³-hybridized carbons (Fsp3) is 0.556. The van der Waals surface area contributed by atoms with Crippen LogP contribution in [0.4, 0.5) is 10.5 Å².